The molecule has 482 valence electrons. The van der Waals surface area contributed by atoms with Crippen molar-refractivity contribution in [3.05, 3.63) is 11.6 Å². The molecule has 10 fully saturated rings. The molecular formula is C62H102O22. The van der Waals surface area contributed by atoms with E-state index in [1.807, 2.05) is 41.5 Å². The van der Waals surface area contributed by atoms with E-state index in [1.165, 1.54) is 5.57 Å². The van der Waals surface area contributed by atoms with Gasteiger partial charge in [-0.15, -0.1) is 0 Å². The second-order valence-corrected chi connectivity index (χ2v) is 27.4. The van der Waals surface area contributed by atoms with Crippen LogP contribution in [0.4, 0.5) is 0 Å². The highest BCUT2D eigenvalue weighted by Crippen LogP contribution is 2.68. The van der Waals surface area contributed by atoms with Crippen LogP contribution in [-0.2, 0) is 85.6 Å². The number of rotatable bonds is 15. The van der Waals surface area contributed by atoms with Gasteiger partial charge in [-0.1, -0.05) is 25.5 Å². The molecule has 84 heavy (non-hydrogen) atoms. The van der Waals surface area contributed by atoms with Gasteiger partial charge in [0.25, 0.3) is 0 Å². The van der Waals surface area contributed by atoms with Crippen LogP contribution in [0.3, 0.4) is 0 Å². The number of fused-ring (bicyclic) bond motifs is 6. The Balaban J connectivity index is 0.645. The fourth-order valence-corrected chi connectivity index (χ4v) is 17.6. The summed E-state index contributed by atoms with van der Waals surface area (Å²) in [4.78, 5) is 12.4. The Morgan fingerprint density at radius 1 is 0.583 bits per heavy atom. The number of allylic oxidation sites excluding steroid dienone is 1. The lowest BCUT2D eigenvalue weighted by Crippen LogP contribution is -2.60. The molecule has 0 aromatic rings. The molecule has 4 N–H and O–H groups in total. The first-order valence-electron chi connectivity index (χ1n) is 31.8. The van der Waals surface area contributed by atoms with Crippen LogP contribution in [0.1, 0.15) is 152 Å². The molecule has 7 aliphatic heterocycles. The average Bonchev–Trinajstić information content (AvgIpc) is 1.66. The molecule has 0 aromatic carbocycles. The minimum atomic E-state index is -1.32. The van der Waals surface area contributed by atoms with Gasteiger partial charge in [-0.05, 0) is 123 Å². The highest BCUT2D eigenvalue weighted by molar-refractivity contribution is 5.26. The summed E-state index contributed by atoms with van der Waals surface area (Å²) in [7, 11) is 6.43. The minimum absolute atomic E-state index is 0.0586. The molecule has 11 rings (SSSR count). The summed E-state index contributed by atoms with van der Waals surface area (Å²) in [6.45, 7) is 18.0. The summed E-state index contributed by atoms with van der Waals surface area (Å²) in [5.41, 5.74) is 0.250. The zero-order valence-electron chi connectivity index (χ0n) is 52.0. The van der Waals surface area contributed by atoms with Gasteiger partial charge < -0.3 is 96.2 Å². The van der Waals surface area contributed by atoms with E-state index in [0.717, 1.165) is 44.9 Å². The molecule has 4 aliphatic carbocycles. The zero-order chi connectivity index (χ0) is 59.8. The van der Waals surface area contributed by atoms with Gasteiger partial charge in [0.15, 0.2) is 31.5 Å². The predicted octanol–water partition coefficient (Wildman–Crippen LogP) is 5.66. The van der Waals surface area contributed by atoms with Gasteiger partial charge in [0, 0.05) is 72.4 Å². The van der Waals surface area contributed by atoms with Crippen LogP contribution >= 0.6 is 0 Å². The van der Waals surface area contributed by atoms with Gasteiger partial charge in [-0.2, -0.15) is 4.89 Å². The average molecular weight is 1200 g/mol. The van der Waals surface area contributed by atoms with Crippen molar-refractivity contribution in [2.24, 2.45) is 28.6 Å². The van der Waals surface area contributed by atoms with Crippen molar-refractivity contribution in [1.29, 1.82) is 0 Å². The largest absolute Gasteiger partial charge is 0.393 e. The molecule has 7 heterocycles. The Kier molecular flexibility index (Phi) is 19.8. The molecule has 0 aromatic heterocycles. The van der Waals surface area contributed by atoms with Crippen LogP contribution in [0.5, 0.6) is 0 Å². The maximum atomic E-state index is 12.8. The maximum Gasteiger partial charge on any atom is 0.228 e. The van der Waals surface area contributed by atoms with E-state index in [9.17, 15) is 20.4 Å². The topological polar surface area (TPSA) is 247 Å². The van der Waals surface area contributed by atoms with Crippen LogP contribution in [0.15, 0.2) is 11.6 Å². The van der Waals surface area contributed by atoms with E-state index < -0.39 is 159 Å². The van der Waals surface area contributed by atoms with Crippen molar-refractivity contribution >= 4 is 0 Å². The summed E-state index contributed by atoms with van der Waals surface area (Å²) in [5.74, 6) is 0.141. The lowest BCUT2D eigenvalue weighted by molar-refractivity contribution is -0.472. The van der Waals surface area contributed by atoms with E-state index in [0.29, 0.717) is 49.9 Å². The molecule has 3 saturated carbocycles. The second kappa shape index (κ2) is 25.9. The Labute approximate surface area is 496 Å². The molecule has 0 amide bonds. The van der Waals surface area contributed by atoms with E-state index in [1.54, 1.807) is 35.4 Å². The van der Waals surface area contributed by atoms with Crippen LogP contribution in [0, 0.1) is 28.6 Å². The lowest BCUT2D eigenvalue weighted by atomic mass is 9.46. The van der Waals surface area contributed by atoms with Crippen LogP contribution in [0.25, 0.3) is 0 Å². The number of hydrogen-bond acceptors (Lipinski definition) is 22. The third-order valence-corrected chi connectivity index (χ3v) is 22.5. The number of methoxy groups -OCH3 is 4. The van der Waals surface area contributed by atoms with Crippen molar-refractivity contribution in [3.8, 4) is 0 Å². The second-order valence-electron chi connectivity index (χ2n) is 27.4. The van der Waals surface area contributed by atoms with Gasteiger partial charge in [0.05, 0.1) is 91.1 Å². The molecule has 22 nitrogen and oxygen atoms in total. The quantitative estimate of drug-likeness (QED) is 0.114. The van der Waals surface area contributed by atoms with Gasteiger partial charge >= 0.3 is 0 Å². The van der Waals surface area contributed by atoms with E-state index >= 15 is 0 Å². The molecular weight excluding hydrogens is 1100 g/mol. The molecule has 1 spiro atoms. The van der Waals surface area contributed by atoms with Crippen LogP contribution in [-0.4, -0.2) is 220 Å². The number of hydrogen-bond donors (Lipinski definition) is 4. The number of aliphatic hydroxyl groups excluding tert-OH is 3. The molecule has 0 bridgehead atoms. The van der Waals surface area contributed by atoms with Gasteiger partial charge in [0.1, 0.15) is 43.2 Å². The smallest absolute Gasteiger partial charge is 0.228 e. The first kappa shape index (κ1) is 64.4. The fraction of sp³-hybridized carbons (Fsp3) is 0.968. The van der Waals surface area contributed by atoms with Crippen molar-refractivity contribution < 1.29 is 106 Å². The Morgan fingerprint density at radius 2 is 1.13 bits per heavy atom. The fourth-order valence-electron chi connectivity index (χ4n) is 17.6. The summed E-state index contributed by atoms with van der Waals surface area (Å²) in [6.07, 6.45) is -2.54. The summed E-state index contributed by atoms with van der Waals surface area (Å²) < 4.78 is 101. The predicted molar refractivity (Wildman–Crippen MR) is 296 cm³/mol. The van der Waals surface area contributed by atoms with Crippen molar-refractivity contribution in [2.75, 3.05) is 35.0 Å². The van der Waals surface area contributed by atoms with Crippen molar-refractivity contribution in [2.45, 2.75) is 317 Å². The Morgan fingerprint density at radius 3 is 1.75 bits per heavy atom. The third kappa shape index (κ3) is 12.3. The normalized spacial score (nSPS) is 53.9. The molecule has 0 unspecified atom stereocenters. The van der Waals surface area contributed by atoms with Crippen molar-refractivity contribution in [1.82, 2.24) is 0 Å². The van der Waals surface area contributed by atoms with Gasteiger partial charge in [-0.3, -0.25) is 0 Å². The first-order valence-corrected chi connectivity index (χ1v) is 31.8. The van der Waals surface area contributed by atoms with Crippen LogP contribution in [0.2, 0.25) is 0 Å². The zero-order valence-corrected chi connectivity index (χ0v) is 52.0. The Bertz CT molecular complexity index is 2200. The highest BCUT2D eigenvalue weighted by Gasteiger charge is 2.66. The van der Waals surface area contributed by atoms with Crippen LogP contribution < -0.4 is 0 Å². The minimum Gasteiger partial charge on any atom is -0.393 e. The summed E-state index contributed by atoms with van der Waals surface area (Å²) in [6, 6.07) is 0. The molecule has 0 radical (unpaired) electrons. The number of ether oxygens (including phenoxy) is 16. The standard InChI is InChI=1S/C62H102O22/c1-30-53(65)43(67-10)24-50(72-30)80-56-33(4)74-51(25-44(56)68-11)78-54-31(2)73-48(23-42(54)64)79-55-32(3)75-52(26-45(55)69-12)81-57-35(6)82-61(28-47(57)70-13)29-71-46-27-49(76-34(5)58(46)83-84-61)77-36(7)62(66)21-18-41-39-15-14-37-22-38(63)16-19-59(37,8)40(39)17-20-60(41,62)9/h14,30-36,38-58,63-66H,15-29H2,1-13H3/t30-,31-,32-,33-,34-,35-,36+,38+,39-,40+,41+,42-,43+,44+,45+,46-,47-,48+,49+,50+,51+,52+,53-,54-,55-,56-,57-,58-,59-,60-,61-,62-/m1/s1. The summed E-state index contributed by atoms with van der Waals surface area (Å²) >= 11 is 0. The van der Waals surface area contributed by atoms with Gasteiger partial charge in [0.2, 0.25) is 5.79 Å². The molecule has 7 saturated heterocycles. The lowest BCUT2D eigenvalue weighted by Gasteiger charge is -2.59. The first-order chi connectivity index (χ1) is 40.0. The van der Waals surface area contributed by atoms with Crippen molar-refractivity contribution in [3.63, 3.8) is 0 Å². The van der Waals surface area contributed by atoms with Gasteiger partial charge in [-0.25, -0.2) is 4.89 Å². The monoisotopic (exact) mass is 1200 g/mol. The third-order valence-electron chi connectivity index (χ3n) is 22.5. The molecule has 11 aliphatic rings. The highest BCUT2D eigenvalue weighted by atomic mass is 17.2. The SMILES string of the molecule is CO[C@H]1C[C@H](O[C@H]2[C@@H](OC)C[C@H](O[C@H]3[C@H](O)C[C@H](O[C@H]4[C@@H](OC)C[C@H](O[C@@H]5[C@@H](C)O[C@]6(CO[C@@H]7C[C@H](O[C@@H](C)[C@]8(O)CC[C@H]9[C@@H]%10CC=C%11C[C@@H](O)CC[C@@]%11(C)[C@H]%10CC[C@]98C)O[C@H](C)[C@H]7OO6)C[C@H]5OC)O[C@@H]4C)O[C@@H]3C)O[C@@H]2C)O[C@H](C)[C@H]1O. The molecule has 22 heteroatoms. The van der Waals surface area contributed by atoms with E-state index in [2.05, 4.69) is 19.9 Å². The number of aliphatic hydroxyl groups is 4. The summed E-state index contributed by atoms with van der Waals surface area (Å²) in [5, 5.41) is 45.4. The van der Waals surface area contributed by atoms with E-state index in [4.69, 9.17) is 85.6 Å². The maximum absolute atomic E-state index is 12.8. The molecule has 32 atom stereocenters. The van der Waals surface area contributed by atoms with E-state index in [-0.39, 0.29) is 36.4 Å². The Hall–Kier alpha value is -1.14.